The Balaban J connectivity index is 2.40. The lowest BCUT2D eigenvalue weighted by Gasteiger charge is -2.24. The molecule has 0 radical (unpaired) electrons. The first kappa shape index (κ1) is 19.3. The minimum atomic E-state index is -4.89. The number of rotatable bonds is 4. The Kier molecular flexibility index (Phi) is 5.43. The summed E-state index contributed by atoms with van der Waals surface area (Å²) in [6.45, 7) is 0. The number of nitrogens with two attached hydrogens (primary N) is 1. The highest BCUT2D eigenvalue weighted by Gasteiger charge is 2.39. The standard InChI is InChI=1S/C17H15F6NO/c18-16(19,20)11-6-7-13(17(21,22)23)12(9-11)15(24)14(25)8-10-4-2-1-3-5-10/h1-7,9,14-15,25H,8,24H2/t14-,15+/m1/s1. The van der Waals surface area contributed by atoms with Crippen molar-refractivity contribution in [1.82, 2.24) is 0 Å². The van der Waals surface area contributed by atoms with Gasteiger partial charge in [0.05, 0.1) is 23.3 Å². The van der Waals surface area contributed by atoms with E-state index < -0.39 is 41.2 Å². The van der Waals surface area contributed by atoms with Crippen LogP contribution in [-0.2, 0) is 18.8 Å². The van der Waals surface area contributed by atoms with Crippen molar-refractivity contribution < 1.29 is 31.4 Å². The molecule has 2 aromatic rings. The topological polar surface area (TPSA) is 46.2 Å². The predicted molar refractivity (Wildman–Crippen MR) is 79.5 cm³/mol. The van der Waals surface area contributed by atoms with Crippen LogP contribution in [0.5, 0.6) is 0 Å². The van der Waals surface area contributed by atoms with Gasteiger partial charge in [0.2, 0.25) is 0 Å². The van der Waals surface area contributed by atoms with Crippen LogP contribution in [0.15, 0.2) is 48.5 Å². The van der Waals surface area contributed by atoms with Crippen LogP contribution >= 0.6 is 0 Å². The fourth-order valence-electron chi connectivity index (χ4n) is 2.46. The van der Waals surface area contributed by atoms with Gasteiger partial charge in [-0.3, -0.25) is 0 Å². The van der Waals surface area contributed by atoms with Crippen LogP contribution < -0.4 is 5.73 Å². The molecule has 0 unspecified atom stereocenters. The second kappa shape index (κ2) is 7.05. The summed E-state index contributed by atoms with van der Waals surface area (Å²) in [6.07, 6.45) is -11.3. The molecule has 0 bridgehead atoms. The maximum Gasteiger partial charge on any atom is 0.416 e. The third-order valence-corrected chi connectivity index (χ3v) is 3.75. The summed E-state index contributed by atoms with van der Waals surface area (Å²) in [5, 5.41) is 10.1. The molecule has 0 aliphatic rings. The maximum atomic E-state index is 13.1. The van der Waals surface area contributed by atoms with E-state index in [1.54, 1.807) is 30.3 Å². The van der Waals surface area contributed by atoms with Crippen molar-refractivity contribution in [3.63, 3.8) is 0 Å². The number of aliphatic hydroxyl groups is 1. The zero-order valence-electron chi connectivity index (χ0n) is 12.8. The number of benzene rings is 2. The zero-order chi connectivity index (χ0) is 18.8. The number of alkyl halides is 6. The molecule has 2 nitrogen and oxygen atoms in total. The third-order valence-electron chi connectivity index (χ3n) is 3.75. The van der Waals surface area contributed by atoms with E-state index in [2.05, 4.69) is 0 Å². The van der Waals surface area contributed by atoms with Crippen LogP contribution in [0.2, 0.25) is 0 Å². The summed E-state index contributed by atoms with van der Waals surface area (Å²) in [5.41, 5.74) is 2.95. The van der Waals surface area contributed by atoms with Crippen molar-refractivity contribution in [2.45, 2.75) is 30.9 Å². The minimum Gasteiger partial charge on any atom is -0.391 e. The average Bonchev–Trinajstić information content (AvgIpc) is 2.52. The van der Waals surface area contributed by atoms with Gasteiger partial charge in [0.1, 0.15) is 0 Å². The molecule has 2 atom stereocenters. The lowest BCUT2D eigenvalue weighted by atomic mass is 9.91. The van der Waals surface area contributed by atoms with E-state index in [1.165, 1.54) is 0 Å². The van der Waals surface area contributed by atoms with Gasteiger partial charge in [0.25, 0.3) is 0 Å². The Morgan fingerprint density at radius 2 is 1.48 bits per heavy atom. The van der Waals surface area contributed by atoms with Gasteiger partial charge >= 0.3 is 12.4 Å². The van der Waals surface area contributed by atoms with Crippen LogP contribution in [0.3, 0.4) is 0 Å². The SMILES string of the molecule is N[C@@H](c1cc(C(F)(F)F)ccc1C(F)(F)F)[C@H](O)Cc1ccccc1. The van der Waals surface area contributed by atoms with Crippen molar-refractivity contribution in [1.29, 1.82) is 0 Å². The molecular formula is C17H15F6NO. The van der Waals surface area contributed by atoms with Crippen molar-refractivity contribution >= 4 is 0 Å². The molecule has 0 aliphatic heterocycles. The number of hydrogen-bond acceptors (Lipinski definition) is 2. The number of hydrogen-bond donors (Lipinski definition) is 2. The highest BCUT2D eigenvalue weighted by Crippen LogP contribution is 2.39. The smallest absolute Gasteiger partial charge is 0.391 e. The third kappa shape index (κ3) is 4.73. The Hall–Kier alpha value is -2.06. The van der Waals surface area contributed by atoms with Gasteiger partial charge in [-0.05, 0) is 29.3 Å². The molecule has 0 aromatic heterocycles. The Bertz CT molecular complexity index is 711. The first-order chi connectivity index (χ1) is 11.5. The maximum absolute atomic E-state index is 13.1. The first-order valence-corrected chi connectivity index (χ1v) is 7.26. The second-order valence-corrected chi connectivity index (χ2v) is 5.58. The molecule has 0 aliphatic carbocycles. The van der Waals surface area contributed by atoms with Gasteiger partial charge in [0.15, 0.2) is 0 Å². The van der Waals surface area contributed by atoms with Crippen molar-refractivity contribution in [3.8, 4) is 0 Å². The zero-order valence-corrected chi connectivity index (χ0v) is 12.8. The molecule has 136 valence electrons. The van der Waals surface area contributed by atoms with Gasteiger partial charge in [0, 0.05) is 6.42 Å². The molecule has 0 amide bonds. The summed E-state index contributed by atoms with van der Waals surface area (Å²) in [4.78, 5) is 0. The van der Waals surface area contributed by atoms with Gasteiger partial charge < -0.3 is 10.8 Å². The van der Waals surface area contributed by atoms with E-state index in [0.717, 1.165) is 0 Å². The molecule has 0 saturated heterocycles. The summed E-state index contributed by atoms with van der Waals surface area (Å²) >= 11 is 0. The fraction of sp³-hybridized carbons (Fsp3) is 0.294. The van der Waals surface area contributed by atoms with Gasteiger partial charge in [-0.2, -0.15) is 26.3 Å². The minimum absolute atomic E-state index is 0.0877. The van der Waals surface area contributed by atoms with Gasteiger partial charge in [-0.25, -0.2) is 0 Å². The molecule has 0 heterocycles. The normalized spacial score (nSPS) is 15.0. The largest absolute Gasteiger partial charge is 0.416 e. The van der Waals surface area contributed by atoms with Gasteiger partial charge in [-0.15, -0.1) is 0 Å². The lowest BCUT2D eigenvalue weighted by molar-refractivity contribution is -0.142. The molecule has 0 spiro atoms. The Labute approximate surface area is 139 Å². The van der Waals surface area contributed by atoms with Crippen LogP contribution in [0, 0.1) is 0 Å². The Morgan fingerprint density at radius 1 is 0.880 bits per heavy atom. The van der Waals surface area contributed by atoms with Crippen LogP contribution in [-0.4, -0.2) is 11.2 Å². The molecule has 0 fully saturated rings. The molecule has 8 heteroatoms. The quantitative estimate of drug-likeness (QED) is 0.795. The summed E-state index contributed by atoms with van der Waals surface area (Å²) < 4.78 is 77.8. The Morgan fingerprint density at radius 3 is 2.00 bits per heavy atom. The van der Waals surface area contributed by atoms with E-state index in [-0.39, 0.29) is 6.42 Å². The molecular weight excluding hydrogens is 348 g/mol. The number of halogens is 6. The molecule has 2 rings (SSSR count). The van der Waals surface area contributed by atoms with E-state index >= 15 is 0 Å². The molecule has 3 N–H and O–H groups in total. The fourth-order valence-corrected chi connectivity index (χ4v) is 2.46. The van der Waals surface area contributed by atoms with Crippen molar-refractivity contribution in [2.24, 2.45) is 5.73 Å². The van der Waals surface area contributed by atoms with Crippen LogP contribution in [0.1, 0.15) is 28.3 Å². The monoisotopic (exact) mass is 363 g/mol. The van der Waals surface area contributed by atoms with Crippen molar-refractivity contribution in [3.05, 3.63) is 70.8 Å². The summed E-state index contributed by atoms with van der Waals surface area (Å²) in [6, 6.07) is 7.72. The van der Waals surface area contributed by atoms with E-state index in [0.29, 0.717) is 23.8 Å². The second-order valence-electron chi connectivity index (χ2n) is 5.58. The van der Waals surface area contributed by atoms with Crippen LogP contribution in [0.25, 0.3) is 0 Å². The number of aliphatic hydroxyl groups excluding tert-OH is 1. The molecule has 2 aromatic carbocycles. The molecule has 25 heavy (non-hydrogen) atoms. The van der Waals surface area contributed by atoms with E-state index in [9.17, 15) is 31.4 Å². The molecule has 0 saturated carbocycles. The predicted octanol–water partition coefficient (Wildman–Crippen LogP) is 4.33. The highest BCUT2D eigenvalue weighted by atomic mass is 19.4. The first-order valence-electron chi connectivity index (χ1n) is 7.26. The highest BCUT2D eigenvalue weighted by molar-refractivity contribution is 5.38. The average molecular weight is 363 g/mol. The lowest BCUT2D eigenvalue weighted by Crippen LogP contribution is -2.30. The van der Waals surface area contributed by atoms with E-state index in [1.807, 2.05) is 0 Å². The van der Waals surface area contributed by atoms with E-state index in [4.69, 9.17) is 5.73 Å². The summed E-state index contributed by atoms with van der Waals surface area (Å²) in [5.74, 6) is 0. The van der Waals surface area contributed by atoms with Crippen molar-refractivity contribution in [2.75, 3.05) is 0 Å². The van der Waals surface area contributed by atoms with Gasteiger partial charge in [-0.1, -0.05) is 30.3 Å². The summed E-state index contributed by atoms with van der Waals surface area (Å²) in [7, 11) is 0. The van der Waals surface area contributed by atoms with Crippen LogP contribution in [0.4, 0.5) is 26.3 Å².